The minimum atomic E-state index is -1.22. The number of aliphatic hydroxyl groups excluding tert-OH is 1. The van der Waals surface area contributed by atoms with Crippen molar-refractivity contribution in [2.45, 2.75) is 18.7 Å². The highest BCUT2D eigenvalue weighted by Crippen LogP contribution is 2.04. The Morgan fingerprint density at radius 3 is 2.37 bits per heavy atom. The molecule has 0 aliphatic carbocycles. The first kappa shape index (κ1) is 25.0. The minimum Gasteiger partial charge on any atom is -0.480 e. The SMILES string of the molecule is NCC(=O)NCC(O)N[C@@H](Cc1ccccc1)C(=O)NCC(=O)NCOCC(=O)O. The number of carboxylic acid groups (broad SMARTS) is 1. The van der Waals surface area contributed by atoms with Gasteiger partial charge in [-0.25, -0.2) is 4.79 Å². The molecule has 12 heteroatoms. The lowest BCUT2D eigenvalue weighted by Gasteiger charge is -2.22. The summed E-state index contributed by atoms with van der Waals surface area (Å²) in [5.41, 5.74) is 6.00. The van der Waals surface area contributed by atoms with Gasteiger partial charge in [0.15, 0.2) is 0 Å². The number of hydrogen-bond acceptors (Lipinski definition) is 8. The van der Waals surface area contributed by atoms with Crippen LogP contribution in [-0.2, 0) is 30.3 Å². The maximum atomic E-state index is 12.5. The van der Waals surface area contributed by atoms with Crippen LogP contribution in [0.3, 0.4) is 0 Å². The van der Waals surface area contributed by atoms with Crippen molar-refractivity contribution >= 4 is 23.7 Å². The summed E-state index contributed by atoms with van der Waals surface area (Å²) in [5.74, 6) is -2.76. The van der Waals surface area contributed by atoms with Gasteiger partial charge in [0.1, 0.15) is 19.6 Å². The van der Waals surface area contributed by atoms with Crippen LogP contribution in [0.2, 0.25) is 0 Å². The summed E-state index contributed by atoms with van der Waals surface area (Å²) in [6, 6.07) is 8.13. The fraction of sp³-hybridized carbons (Fsp3) is 0.444. The first-order valence-electron chi connectivity index (χ1n) is 9.10. The number of carbonyl (C=O) groups excluding carboxylic acids is 3. The van der Waals surface area contributed by atoms with E-state index in [2.05, 4.69) is 26.0 Å². The minimum absolute atomic E-state index is 0.157. The van der Waals surface area contributed by atoms with Crippen molar-refractivity contribution in [1.82, 2.24) is 21.3 Å². The standard InChI is InChI=1S/C18H27N5O7/c19-7-14(24)20-9-16(26)23-13(6-12-4-2-1-3-5-12)18(29)21-8-15(25)22-11-30-10-17(27)28/h1-5,13,16,23,26H,6-11,19H2,(H,20,24)(H,21,29)(H,22,25)(H,27,28)/t13-,16?/m0/s1. The van der Waals surface area contributed by atoms with Gasteiger partial charge in [-0.1, -0.05) is 30.3 Å². The number of carbonyl (C=O) groups is 4. The average molecular weight is 425 g/mol. The lowest BCUT2D eigenvalue weighted by Crippen LogP contribution is -2.54. The van der Waals surface area contributed by atoms with Crippen molar-refractivity contribution in [3.8, 4) is 0 Å². The van der Waals surface area contributed by atoms with Crippen molar-refractivity contribution in [1.29, 1.82) is 0 Å². The van der Waals surface area contributed by atoms with Gasteiger partial charge in [-0.3, -0.25) is 19.7 Å². The topological polar surface area (TPSA) is 192 Å². The van der Waals surface area contributed by atoms with Gasteiger partial charge in [-0.15, -0.1) is 0 Å². The molecule has 0 saturated carbocycles. The fourth-order valence-electron chi connectivity index (χ4n) is 2.27. The molecule has 0 aliphatic rings. The molecule has 1 unspecified atom stereocenters. The van der Waals surface area contributed by atoms with Crippen molar-refractivity contribution in [2.75, 3.05) is 33.0 Å². The molecule has 8 N–H and O–H groups in total. The van der Waals surface area contributed by atoms with Gasteiger partial charge in [-0.05, 0) is 12.0 Å². The zero-order valence-electron chi connectivity index (χ0n) is 16.3. The number of benzene rings is 1. The number of ether oxygens (including phenoxy) is 1. The predicted octanol–water partition coefficient (Wildman–Crippen LogP) is -3.13. The normalized spacial score (nSPS) is 12.5. The molecule has 1 aromatic rings. The summed E-state index contributed by atoms with van der Waals surface area (Å²) in [7, 11) is 0. The van der Waals surface area contributed by atoms with E-state index in [9.17, 15) is 24.3 Å². The third-order valence-corrected chi connectivity index (χ3v) is 3.69. The zero-order chi connectivity index (χ0) is 22.4. The quantitative estimate of drug-likeness (QED) is 0.119. The molecule has 1 rings (SSSR count). The van der Waals surface area contributed by atoms with E-state index >= 15 is 0 Å². The van der Waals surface area contributed by atoms with Crippen LogP contribution in [0.1, 0.15) is 5.56 Å². The highest BCUT2D eigenvalue weighted by atomic mass is 16.5. The largest absolute Gasteiger partial charge is 0.480 e. The third-order valence-electron chi connectivity index (χ3n) is 3.69. The molecule has 0 bridgehead atoms. The Morgan fingerprint density at radius 2 is 1.73 bits per heavy atom. The summed E-state index contributed by atoms with van der Waals surface area (Å²) in [4.78, 5) is 45.8. The highest BCUT2D eigenvalue weighted by Gasteiger charge is 2.22. The Bertz CT molecular complexity index is 701. The average Bonchev–Trinajstić information content (AvgIpc) is 2.73. The molecular formula is C18H27N5O7. The lowest BCUT2D eigenvalue weighted by molar-refractivity contribution is -0.143. The van der Waals surface area contributed by atoms with Gasteiger partial charge in [0.25, 0.3) is 0 Å². The van der Waals surface area contributed by atoms with E-state index in [4.69, 9.17) is 10.8 Å². The van der Waals surface area contributed by atoms with Crippen LogP contribution < -0.4 is 27.0 Å². The maximum Gasteiger partial charge on any atom is 0.329 e. The van der Waals surface area contributed by atoms with Crippen LogP contribution >= 0.6 is 0 Å². The second kappa shape index (κ2) is 14.0. The first-order chi connectivity index (χ1) is 14.3. The Labute approximate surface area is 173 Å². The number of carboxylic acids is 1. The Hall–Kier alpha value is -3.06. The molecule has 0 spiro atoms. The van der Waals surface area contributed by atoms with Crippen LogP contribution in [0.5, 0.6) is 0 Å². The summed E-state index contributed by atoms with van der Waals surface area (Å²) in [5, 5.41) is 28.3. The molecule has 12 nitrogen and oxygen atoms in total. The summed E-state index contributed by atoms with van der Waals surface area (Å²) < 4.78 is 4.67. The van der Waals surface area contributed by atoms with Crippen LogP contribution in [0.15, 0.2) is 30.3 Å². The van der Waals surface area contributed by atoms with E-state index in [0.29, 0.717) is 0 Å². The number of amides is 3. The molecule has 0 fully saturated rings. The number of nitrogens with one attached hydrogen (secondary N) is 4. The molecule has 0 aromatic heterocycles. The first-order valence-corrected chi connectivity index (χ1v) is 9.10. The van der Waals surface area contributed by atoms with Crippen LogP contribution in [-0.4, -0.2) is 79.1 Å². The molecule has 0 saturated heterocycles. The second-order valence-corrected chi connectivity index (χ2v) is 6.14. The second-order valence-electron chi connectivity index (χ2n) is 6.14. The Morgan fingerprint density at radius 1 is 1.03 bits per heavy atom. The van der Waals surface area contributed by atoms with Crippen molar-refractivity contribution in [3.63, 3.8) is 0 Å². The summed E-state index contributed by atoms with van der Waals surface area (Å²) >= 11 is 0. The van der Waals surface area contributed by atoms with Crippen molar-refractivity contribution in [3.05, 3.63) is 35.9 Å². The van der Waals surface area contributed by atoms with Crippen LogP contribution in [0.4, 0.5) is 0 Å². The molecular weight excluding hydrogens is 398 g/mol. The molecule has 1 aromatic carbocycles. The highest BCUT2D eigenvalue weighted by molar-refractivity contribution is 5.87. The number of hydrogen-bond donors (Lipinski definition) is 7. The zero-order valence-corrected chi connectivity index (χ0v) is 16.3. The van der Waals surface area contributed by atoms with E-state index in [1.807, 2.05) is 6.07 Å². The Kier molecular flexibility index (Phi) is 11.7. The maximum absolute atomic E-state index is 12.5. The van der Waals surface area contributed by atoms with Gasteiger partial charge in [0.05, 0.1) is 25.7 Å². The smallest absolute Gasteiger partial charge is 0.329 e. The number of nitrogens with two attached hydrogens (primary N) is 1. The fourth-order valence-corrected chi connectivity index (χ4v) is 2.27. The van der Waals surface area contributed by atoms with Gasteiger partial charge in [-0.2, -0.15) is 0 Å². The number of rotatable bonds is 14. The monoisotopic (exact) mass is 425 g/mol. The third kappa shape index (κ3) is 11.1. The molecule has 30 heavy (non-hydrogen) atoms. The number of aliphatic carboxylic acids is 1. The van der Waals surface area contributed by atoms with Crippen LogP contribution in [0, 0.1) is 0 Å². The summed E-state index contributed by atoms with van der Waals surface area (Å²) in [6.07, 6.45) is -1.00. The molecule has 166 valence electrons. The van der Waals surface area contributed by atoms with E-state index in [1.165, 1.54) is 0 Å². The van der Waals surface area contributed by atoms with E-state index in [0.717, 1.165) is 5.56 Å². The van der Waals surface area contributed by atoms with E-state index < -0.39 is 42.6 Å². The molecule has 3 amide bonds. The summed E-state index contributed by atoms with van der Waals surface area (Å²) in [6.45, 7) is -1.63. The van der Waals surface area contributed by atoms with E-state index in [1.54, 1.807) is 24.3 Å². The molecule has 0 radical (unpaired) electrons. The van der Waals surface area contributed by atoms with Crippen molar-refractivity contribution < 1.29 is 34.1 Å². The van der Waals surface area contributed by atoms with Crippen LogP contribution in [0.25, 0.3) is 0 Å². The van der Waals surface area contributed by atoms with E-state index in [-0.39, 0.29) is 32.8 Å². The number of aliphatic hydroxyl groups is 1. The lowest BCUT2D eigenvalue weighted by atomic mass is 10.1. The van der Waals surface area contributed by atoms with Gasteiger partial charge in [0.2, 0.25) is 17.7 Å². The van der Waals surface area contributed by atoms with Gasteiger partial charge in [0, 0.05) is 0 Å². The van der Waals surface area contributed by atoms with Gasteiger partial charge < -0.3 is 36.6 Å². The van der Waals surface area contributed by atoms with Gasteiger partial charge >= 0.3 is 5.97 Å². The molecule has 0 aliphatic heterocycles. The molecule has 2 atom stereocenters. The Balaban J connectivity index is 2.57. The molecule has 0 heterocycles. The van der Waals surface area contributed by atoms with Crippen molar-refractivity contribution in [2.24, 2.45) is 5.73 Å². The predicted molar refractivity (Wildman–Crippen MR) is 105 cm³/mol.